The van der Waals surface area contributed by atoms with Crippen molar-refractivity contribution in [2.45, 2.75) is 9.79 Å². The van der Waals surface area contributed by atoms with Crippen LogP contribution < -0.4 is 14.2 Å². The van der Waals surface area contributed by atoms with Crippen LogP contribution in [-0.4, -0.2) is 67.7 Å². The standard InChI is InChI=1S/C19H23FN2O7S2/c1-27-19-7-6-17(14-18(19)20)30(23,24)21-8-11-29-15-2-4-16(5-3-15)31(25,26)22-9-12-28-13-10-22/h2-7,14,21H,8-13H2,1H3. The van der Waals surface area contributed by atoms with Crippen molar-refractivity contribution in [3.8, 4) is 11.5 Å². The largest absolute Gasteiger partial charge is 0.494 e. The Morgan fingerprint density at radius 1 is 1.03 bits per heavy atom. The van der Waals surface area contributed by atoms with Gasteiger partial charge in [0.1, 0.15) is 12.4 Å². The lowest BCUT2D eigenvalue weighted by Gasteiger charge is -2.26. The van der Waals surface area contributed by atoms with Gasteiger partial charge in [0.05, 0.1) is 30.1 Å². The molecule has 0 amide bonds. The SMILES string of the molecule is COc1ccc(S(=O)(=O)NCCOc2ccc(S(=O)(=O)N3CCOCC3)cc2)cc1F. The van der Waals surface area contributed by atoms with Crippen molar-refractivity contribution in [2.24, 2.45) is 0 Å². The Morgan fingerprint density at radius 2 is 1.68 bits per heavy atom. The number of rotatable bonds is 9. The van der Waals surface area contributed by atoms with E-state index in [-0.39, 0.29) is 28.7 Å². The zero-order chi connectivity index (χ0) is 22.5. The number of sulfonamides is 2. The molecule has 1 aliphatic heterocycles. The number of hydrogen-bond donors (Lipinski definition) is 1. The third-order valence-corrected chi connectivity index (χ3v) is 7.90. The van der Waals surface area contributed by atoms with Crippen molar-refractivity contribution >= 4 is 20.0 Å². The van der Waals surface area contributed by atoms with Crippen LogP contribution in [0, 0.1) is 5.82 Å². The molecule has 9 nitrogen and oxygen atoms in total. The summed E-state index contributed by atoms with van der Waals surface area (Å²) in [7, 11) is -6.23. The van der Waals surface area contributed by atoms with Gasteiger partial charge >= 0.3 is 0 Å². The van der Waals surface area contributed by atoms with Crippen molar-refractivity contribution in [1.29, 1.82) is 0 Å². The molecule has 0 spiro atoms. The molecule has 0 aliphatic carbocycles. The van der Waals surface area contributed by atoms with Gasteiger partial charge in [-0.2, -0.15) is 4.31 Å². The molecular formula is C19H23FN2O7S2. The summed E-state index contributed by atoms with van der Waals surface area (Å²) in [6.07, 6.45) is 0. The predicted octanol–water partition coefficient (Wildman–Crippen LogP) is 1.21. The summed E-state index contributed by atoms with van der Waals surface area (Å²) in [5, 5.41) is 0. The number of morpholine rings is 1. The predicted molar refractivity (Wildman–Crippen MR) is 110 cm³/mol. The lowest BCUT2D eigenvalue weighted by atomic mass is 10.3. The molecule has 0 atom stereocenters. The first-order valence-electron chi connectivity index (χ1n) is 9.38. The van der Waals surface area contributed by atoms with Gasteiger partial charge in [-0.1, -0.05) is 0 Å². The second-order valence-electron chi connectivity index (χ2n) is 6.53. The molecular weight excluding hydrogens is 451 g/mol. The second-order valence-corrected chi connectivity index (χ2v) is 10.2. The van der Waals surface area contributed by atoms with Gasteiger partial charge in [0.2, 0.25) is 20.0 Å². The minimum atomic E-state index is -3.92. The van der Waals surface area contributed by atoms with Gasteiger partial charge in [-0.25, -0.2) is 25.9 Å². The Bertz CT molecular complexity index is 1100. The summed E-state index contributed by atoms with van der Waals surface area (Å²) in [5.41, 5.74) is 0. The van der Waals surface area contributed by atoms with E-state index >= 15 is 0 Å². The highest BCUT2D eigenvalue weighted by Gasteiger charge is 2.26. The number of nitrogens with one attached hydrogen (secondary N) is 1. The molecule has 0 unspecified atom stereocenters. The lowest BCUT2D eigenvalue weighted by Crippen LogP contribution is -2.40. The minimum Gasteiger partial charge on any atom is -0.494 e. The molecule has 170 valence electrons. The molecule has 1 N–H and O–H groups in total. The molecule has 1 fully saturated rings. The van der Waals surface area contributed by atoms with Gasteiger partial charge in [0.15, 0.2) is 11.6 Å². The van der Waals surface area contributed by atoms with Crippen LogP contribution in [0.1, 0.15) is 0 Å². The highest BCUT2D eigenvalue weighted by molar-refractivity contribution is 7.89. The molecule has 2 aromatic carbocycles. The van der Waals surface area contributed by atoms with E-state index in [0.717, 1.165) is 6.07 Å². The smallest absolute Gasteiger partial charge is 0.243 e. The third-order valence-electron chi connectivity index (χ3n) is 4.53. The first kappa shape index (κ1) is 23.4. The molecule has 12 heteroatoms. The van der Waals surface area contributed by atoms with Crippen LogP contribution in [0.25, 0.3) is 0 Å². The molecule has 0 bridgehead atoms. The van der Waals surface area contributed by atoms with Gasteiger partial charge in [0.25, 0.3) is 0 Å². The van der Waals surface area contributed by atoms with E-state index in [1.807, 2.05) is 0 Å². The molecule has 2 aromatic rings. The number of methoxy groups -OCH3 is 1. The number of hydrogen-bond acceptors (Lipinski definition) is 7. The van der Waals surface area contributed by atoms with Gasteiger partial charge in [-0.3, -0.25) is 0 Å². The van der Waals surface area contributed by atoms with Crippen molar-refractivity contribution in [1.82, 2.24) is 9.03 Å². The Balaban J connectivity index is 1.53. The number of nitrogens with zero attached hydrogens (tertiary/aromatic N) is 1. The zero-order valence-electron chi connectivity index (χ0n) is 16.8. The van der Waals surface area contributed by atoms with E-state index in [1.54, 1.807) is 0 Å². The van der Waals surface area contributed by atoms with Gasteiger partial charge in [0, 0.05) is 19.6 Å². The fourth-order valence-corrected chi connectivity index (χ4v) is 5.32. The fourth-order valence-electron chi connectivity index (χ4n) is 2.89. The van der Waals surface area contributed by atoms with Gasteiger partial charge < -0.3 is 14.2 Å². The summed E-state index contributed by atoms with van der Waals surface area (Å²) in [6, 6.07) is 9.21. The Morgan fingerprint density at radius 3 is 2.29 bits per heavy atom. The number of halogens is 1. The molecule has 0 saturated carbocycles. The van der Waals surface area contributed by atoms with Crippen LogP contribution in [0.4, 0.5) is 4.39 Å². The molecule has 1 aliphatic rings. The summed E-state index contributed by atoms with van der Waals surface area (Å²) < 4.78 is 82.5. The van der Waals surface area contributed by atoms with Gasteiger partial charge in [-0.05, 0) is 42.5 Å². The van der Waals surface area contributed by atoms with Crippen LogP contribution in [-0.2, 0) is 24.8 Å². The summed E-state index contributed by atoms with van der Waals surface area (Å²) in [6.45, 7) is 1.26. The summed E-state index contributed by atoms with van der Waals surface area (Å²) in [4.78, 5) is -0.0903. The highest BCUT2D eigenvalue weighted by atomic mass is 32.2. The van der Waals surface area contributed by atoms with Crippen LogP contribution in [0.3, 0.4) is 0 Å². The molecule has 1 heterocycles. The molecule has 0 radical (unpaired) electrons. The van der Waals surface area contributed by atoms with E-state index in [9.17, 15) is 21.2 Å². The van der Waals surface area contributed by atoms with Crippen molar-refractivity contribution in [3.05, 3.63) is 48.3 Å². The molecule has 1 saturated heterocycles. The molecule has 3 rings (SSSR count). The fraction of sp³-hybridized carbons (Fsp3) is 0.368. The average Bonchev–Trinajstić information content (AvgIpc) is 2.77. The van der Waals surface area contributed by atoms with Crippen LogP contribution in [0.2, 0.25) is 0 Å². The molecule has 0 aromatic heterocycles. The van der Waals surface area contributed by atoms with Crippen molar-refractivity contribution in [3.63, 3.8) is 0 Å². The van der Waals surface area contributed by atoms with E-state index in [1.165, 1.54) is 47.8 Å². The van der Waals surface area contributed by atoms with Crippen LogP contribution in [0.15, 0.2) is 52.3 Å². The third kappa shape index (κ3) is 5.71. The summed E-state index contributed by atoms with van der Waals surface area (Å²) in [5.74, 6) is -0.453. The normalized spacial score (nSPS) is 15.5. The number of benzene rings is 2. The monoisotopic (exact) mass is 474 g/mol. The maximum Gasteiger partial charge on any atom is 0.243 e. The first-order valence-corrected chi connectivity index (χ1v) is 12.3. The number of ether oxygens (including phenoxy) is 3. The minimum absolute atomic E-state index is 0.00652. The van der Waals surface area contributed by atoms with Gasteiger partial charge in [-0.15, -0.1) is 0 Å². The van der Waals surface area contributed by atoms with Crippen LogP contribution in [0.5, 0.6) is 11.5 Å². The summed E-state index contributed by atoms with van der Waals surface area (Å²) >= 11 is 0. The maximum absolute atomic E-state index is 13.7. The average molecular weight is 475 g/mol. The van der Waals surface area contributed by atoms with Crippen LogP contribution >= 0.6 is 0 Å². The highest BCUT2D eigenvalue weighted by Crippen LogP contribution is 2.21. The Labute approximate surface area is 180 Å². The maximum atomic E-state index is 13.7. The lowest BCUT2D eigenvalue weighted by molar-refractivity contribution is 0.0730. The Hall–Kier alpha value is -2.25. The van der Waals surface area contributed by atoms with E-state index in [4.69, 9.17) is 14.2 Å². The molecule has 31 heavy (non-hydrogen) atoms. The van der Waals surface area contributed by atoms with Crippen molar-refractivity contribution < 1.29 is 35.4 Å². The van der Waals surface area contributed by atoms with E-state index in [0.29, 0.717) is 32.1 Å². The quantitative estimate of drug-likeness (QED) is 0.544. The topological polar surface area (TPSA) is 111 Å². The second kappa shape index (κ2) is 9.92. The van der Waals surface area contributed by atoms with E-state index in [2.05, 4.69) is 4.72 Å². The van der Waals surface area contributed by atoms with E-state index < -0.39 is 25.9 Å². The zero-order valence-corrected chi connectivity index (χ0v) is 18.4. The van der Waals surface area contributed by atoms with Crippen molar-refractivity contribution in [2.75, 3.05) is 46.6 Å². The first-order chi connectivity index (χ1) is 14.7. The Kier molecular flexibility index (Phi) is 7.49.